The van der Waals surface area contributed by atoms with Crippen molar-refractivity contribution in [2.75, 3.05) is 7.11 Å². The van der Waals surface area contributed by atoms with E-state index in [1.807, 2.05) is 54.6 Å². The van der Waals surface area contributed by atoms with Crippen molar-refractivity contribution in [3.05, 3.63) is 70.7 Å². The van der Waals surface area contributed by atoms with Crippen molar-refractivity contribution in [3.8, 4) is 23.3 Å². The molecule has 0 bridgehead atoms. The molecule has 0 saturated heterocycles. The monoisotopic (exact) mass is 308 g/mol. The van der Waals surface area contributed by atoms with E-state index < -0.39 is 0 Å². The summed E-state index contributed by atoms with van der Waals surface area (Å²) in [6.45, 7) is 0. The molecule has 0 radical (unpaired) electrons. The molecule has 2 nitrogen and oxygen atoms in total. The maximum absolute atomic E-state index is 10.5. The van der Waals surface area contributed by atoms with Crippen molar-refractivity contribution in [3.63, 3.8) is 0 Å². The maximum Gasteiger partial charge on any atom is 0.157 e. The molecule has 0 atom stereocenters. The van der Waals surface area contributed by atoms with Crippen molar-refractivity contribution in [1.82, 2.24) is 0 Å². The van der Waals surface area contributed by atoms with Crippen LogP contribution in [0.25, 0.3) is 10.8 Å². The third kappa shape index (κ3) is 2.47. The van der Waals surface area contributed by atoms with Gasteiger partial charge in [0.1, 0.15) is 11.3 Å². The molecule has 0 amide bonds. The summed E-state index contributed by atoms with van der Waals surface area (Å²) in [5, 5.41) is 12.4. The minimum atomic E-state index is 0.0836. The highest BCUT2D eigenvalue weighted by molar-refractivity contribution is 6.37. The van der Waals surface area contributed by atoms with Gasteiger partial charge in [-0.15, -0.1) is 0 Å². The normalized spacial score (nSPS) is 10.1. The van der Waals surface area contributed by atoms with E-state index in [4.69, 9.17) is 16.3 Å². The van der Waals surface area contributed by atoms with Gasteiger partial charge in [-0.25, -0.2) is 0 Å². The van der Waals surface area contributed by atoms with Crippen LogP contribution >= 0.6 is 11.6 Å². The van der Waals surface area contributed by atoms with Gasteiger partial charge in [0, 0.05) is 16.3 Å². The van der Waals surface area contributed by atoms with Crippen LogP contribution in [-0.2, 0) is 0 Å². The Morgan fingerprint density at radius 2 is 1.55 bits per heavy atom. The minimum Gasteiger partial charge on any atom is -0.506 e. The summed E-state index contributed by atoms with van der Waals surface area (Å²) in [7, 11) is 1.52. The van der Waals surface area contributed by atoms with Crippen LogP contribution in [0, 0.1) is 11.8 Å². The van der Waals surface area contributed by atoms with E-state index in [1.165, 1.54) is 7.11 Å². The van der Waals surface area contributed by atoms with Crippen molar-refractivity contribution in [2.45, 2.75) is 0 Å². The summed E-state index contributed by atoms with van der Waals surface area (Å²) in [6, 6.07) is 16.9. The van der Waals surface area contributed by atoms with Gasteiger partial charge in [-0.3, -0.25) is 0 Å². The molecule has 0 aliphatic heterocycles. The fourth-order valence-corrected chi connectivity index (χ4v) is 2.66. The second-order valence-corrected chi connectivity index (χ2v) is 5.11. The lowest BCUT2D eigenvalue weighted by molar-refractivity contribution is 0.408. The van der Waals surface area contributed by atoms with Crippen molar-refractivity contribution in [2.24, 2.45) is 0 Å². The van der Waals surface area contributed by atoms with Gasteiger partial charge in [0.25, 0.3) is 0 Å². The van der Waals surface area contributed by atoms with Gasteiger partial charge >= 0.3 is 0 Å². The molecule has 0 aromatic heterocycles. The number of phenolic OH excluding ortho intramolecular Hbond substituents is 1. The third-order valence-corrected chi connectivity index (χ3v) is 3.77. The van der Waals surface area contributed by atoms with Gasteiger partial charge in [0.05, 0.1) is 12.1 Å². The molecule has 0 unspecified atom stereocenters. The Balaban J connectivity index is 2.25. The van der Waals surface area contributed by atoms with Gasteiger partial charge in [0.2, 0.25) is 0 Å². The fourth-order valence-electron chi connectivity index (χ4n) is 2.32. The van der Waals surface area contributed by atoms with E-state index >= 15 is 0 Å². The Bertz CT molecular complexity index is 890. The van der Waals surface area contributed by atoms with E-state index in [1.54, 1.807) is 0 Å². The number of fused-ring (bicyclic) bond motifs is 1. The fraction of sp³-hybridized carbons (Fsp3) is 0.0526. The molecule has 0 aliphatic carbocycles. The lowest BCUT2D eigenvalue weighted by atomic mass is 10.0. The second-order valence-electron chi connectivity index (χ2n) is 4.73. The number of aromatic hydroxyl groups is 1. The summed E-state index contributed by atoms with van der Waals surface area (Å²) >= 11 is 6.40. The van der Waals surface area contributed by atoms with E-state index in [0.29, 0.717) is 21.7 Å². The van der Waals surface area contributed by atoms with Crippen molar-refractivity contribution >= 4 is 22.4 Å². The van der Waals surface area contributed by atoms with E-state index in [0.717, 1.165) is 10.9 Å². The van der Waals surface area contributed by atoms with E-state index in [-0.39, 0.29) is 5.75 Å². The summed E-state index contributed by atoms with van der Waals surface area (Å²) in [6.07, 6.45) is 0. The van der Waals surface area contributed by atoms with Crippen LogP contribution in [-0.4, -0.2) is 12.2 Å². The Labute approximate surface area is 133 Å². The summed E-state index contributed by atoms with van der Waals surface area (Å²) < 4.78 is 5.36. The predicted molar refractivity (Wildman–Crippen MR) is 89.6 cm³/mol. The van der Waals surface area contributed by atoms with Crippen LogP contribution in [0.1, 0.15) is 11.1 Å². The van der Waals surface area contributed by atoms with Crippen LogP contribution in [0.2, 0.25) is 5.02 Å². The molecule has 0 heterocycles. The van der Waals surface area contributed by atoms with Crippen molar-refractivity contribution < 1.29 is 9.84 Å². The topological polar surface area (TPSA) is 29.5 Å². The molecule has 3 aromatic carbocycles. The highest BCUT2D eigenvalue weighted by Crippen LogP contribution is 2.42. The predicted octanol–water partition coefficient (Wildman–Crippen LogP) is 4.61. The minimum absolute atomic E-state index is 0.0836. The third-order valence-electron chi connectivity index (χ3n) is 3.39. The Morgan fingerprint density at radius 3 is 2.23 bits per heavy atom. The number of hydrogen-bond donors (Lipinski definition) is 1. The van der Waals surface area contributed by atoms with Crippen LogP contribution in [0.5, 0.6) is 11.5 Å². The highest BCUT2D eigenvalue weighted by Gasteiger charge is 2.17. The molecule has 22 heavy (non-hydrogen) atoms. The van der Waals surface area contributed by atoms with Gasteiger partial charge < -0.3 is 9.84 Å². The van der Waals surface area contributed by atoms with Gasteiger partial charge in [-0.05, 0) is 12.1 Å². The molecule has 1 N–H and O–H groups in total. The number of phenols is 1. The molecule has 0 spiro atoms. The van der Waals surface area contributed by atoms with Crippen LogP contribution < -0.4 is 4.74 Å². The molecule has 0 aliphatic rings. The smallest absolute Gasteiger partial charge is 0.157 e. The van der Waals surface area contributed by atoms with Crippen LogP contribution in [0.4, 0.5) is 0 Å². The summed E-state index contributed by atoms with van der Waals surface area (Å²) in [4.78, 5) is 0. The molecule has 0 saturated carbocycles. The summed E-state index contributed by atoms with van der Waals surface area (Å²) in [5.41, 5.74) is 1.25. The number of methoxy groups -OCH3 is 1. The molecule has 3 heteroatoms. The largest absolute Gasteiger partial charge is 0.506 e. The average molecular weight is 309 g/mol. The maximum atomic E-state index is 10.5. The average Bonchev–Trinajstić information content (AvgIpc) is 2.57. The van der Waals surface area contributed by atoms with E-state index in [9.17, 15) is 5.11 Å². The quantitative estimate of drug-likeness (QED) is 0.665. The zero-order valence-electron chi connectivity index (χ0n) is 11.9. The molecule has 3 rings (SSSR count). The first-order valence-corrected chi connectivity index (χ1v) is 7.14. The zero-order chi connectivity index (χ0) is 15.5. The first kappa shape index (κ1) is 14.3. The lowest BCUT2D eigenvalue weighted by Gasteiger charge is -2.12. The Kier molecular flexibility index (Phi) is 3.91. The number of halogens is 1. The lowest BCUT2D eigenvalue weighted by Crippen LogP contribution is -1.92. The Hall–Kier alpha value is -2.63. The van der Waals surface area contributed by atoms with Crippen LogP contribution in [0.3, 0.4) is 0 Å². The number of rotatable bonds is 1. The highest BCUT2D eigenvalue weighted by atomic mass is 35.5. The molecule has 3 aromatic rings. The molecule has 0 fully saturated rings. The standard InChI is InChI=1S/C19H13ClO2/c1-22-19-16(12-11-13-7-3-2-4-8-13)18(21)15-10-6-5-9-14(15)17(19)20/h2-10,21H,1H3. The number of benzene rings is 3. The molecular formula is C19H13ClO2. The molecule has 108 valence electrons. The Morgan fingerprint density at radius 1 is 0.909 bits per heavy atom. The number of ether oxygens (including phenoxy) is 1. The van der Waals surface area contributed by atoms with Crippen LogP contribution in [0.15, 0.2) is 54.6 Å². The van der Waals surface area contributed by atoms with E-state index in [2.05, 4.69) is 11.8 Å². The first-order valence-electron chi connectivity index (χ1n) is 6.76. The van der Waals surface area contributed by atoms with Gasteiger partial charge in [-0.1, -0.05) is 65.9 Å². The molecular weight excluding hydrogens is 296 g/mol. The summed E-state index contributed by atoms with van der Waals surface area (Å²) in [5.74, 6) is 6.47. The SMILES string of the molecule is COc1c(C#Cc2ccccc2)c(O)c2ccccc2c1Cl. The van der Waals surface area contributed by atoms with Gasteiger partial charge in [0.15, 0.2) is 5.75 Å². The van der Waals surface area contributed by atoms with Gasteiger partial charge in [-0.2, -0.15) is 0 Å². The zero-order valence-corrected chi connectivity index (χ0v) is 12.7. The first-order chi connectivity index (χ1) is 10.7. The van der Waals surface area contributed by atoms with Crippen molar-refractivity contribution in [1.29, 1.82) is 0 Å². The second kappa shape index (κ2) is 6.01. The number of hydrogen-bond acceptors (Lipinski definition) is 2.